The first kappa shape index (κ1) is 21.2. The summed E-state index contributed by atoms with van der Waals surface area (Å²) in [7, 11) is 2.11. The molecule has 170 valence electrons. The number of H-pyrrole nitrogens is 1. The maximum Gasteiger partial charge on any atom is 0.248 e. The van der Waals surface area contributed by atoms with Gasteiger partial charge in [-0.2, -0.15) is 0 Å². The number of anilines is 3. The van der Waals surface area contributed by atoms with Crippen LogP contribution in [0.5, 0.6) is 0 Å². The maximum atomic E-state index is 15.2. The fraction of sp³-hybridized carbons (Fsp3) is 0.280. The van der Waals surface area contributed by atoms with Gasteiger partial charge in [0.1, 0.15) is 5.82 Å². The third-order valence-electron chi connectivity index (χ3n) is 6.45. The second-order valence-electron chi connectivity index (χ2n) is 8.78. The first-order valence-corrected chi connectivity index (χ1v) is 11.1. The molecule has 3 aromatic heterocycles. The molecule has 0 unspecified atom stereocenters. The summed E-state index contributed by atoms with van der Waals surface area (Å²) in [5.41, 5.74) is 4.20. The Morgan fingerprint density at radius 1 is 1.09 bits per heavy atom. The summed E-state index contributed by atoms with van der Waals surface area (Å²) >= 11 is 0. The van der Waals surface area contributed by atoms with Gasteiger partial charge in [0.25, 0.3) is 0 Å². The Morgan fingerprint density at radius 2 is 1.94 bits per heavy atom. The molecule has 5 rings (SSSR count). The molecule has 1 aromatic carbocycles. The van der Waals surface area contributed by atoms with E-state index in [1.54, 1.807) is 18.5 Å². The minimum atomic E-state index is -0.247. The number of likely N-dealkylation sites (N-methyl/N-ethyl adjacent to an activating group) is 1. The Balaban J connectivity index is 1.44. The Hall–Kier alpha value is -3.65. The zero-order valence-corrected chi connectivity index (χ0v) is 18.9. The van der Waals surface area contributed by atoms with Crippen molar-refractivity contribution < 1.29 is 4.39 Å². The van der Waals surface area contributed by atoms with E-state index in [0.29, 0.717) is 23.1 Å². The predicted octanol–water partition coefficient (Wildman–Crippen LogP) is 4.10. The number of imidazole rings is 1. The number of piperazine rings is 1. The molecule has 0 radical (unpaired) electrons. The summed E-state index contributed by atoms with van der Waals surface area (Å²) < 4.78 is 17.1. The van der Waals surface area contributed by atoms with Crippen LogP contribution in [0.4, 0.5) is 21.5 Å². The molecule has 1 saturated heterocycles. The number of halogens is 1. The molecule has 8 heteroatoms. The van der Waals surface area contributed by atoms with Crippen molar-refractivity contribution in [3.05, 3.63) is 77.2 Å². The van der Waals surface area contributed by atoms with Crippen molar-refractivity contribution in [2.45, 2.75) is 25.9 Å². The fourth-order valence-electron chi connectivity index (χ4n) is 4.56. The second kappa shape index (κ2) is 8.37. The van der Waals surface area contributed by atoms with Gasteiger partial charge in [-0.1, -0.05) is 0 Å². The van der Waals surface area contributed by atoms with Crippen LogP contribution in [0.3, 0.4) is 0 Å². The maximum absolute atomic E-state index is 15.2. The molecule has 1 aliphatic heterocycles. The van der Waals surface area contributed by atoms with E-state index in [-0.39, 0.29) is 17.4 Å². The van der Waals surface area contributed by atoms with Crippen molar-refractivity contribution in [1.29, 1.82) is 0 Å². The highest BCUT2D eigenvalue weighted by Gasteiger charge is 2.28. The van der Waals surface area contributed by atoms with Crippen molar-refractivity contribution in [1.82, 2.24) is 19.3 Å². The lowest BCUT2D eigenvalue weighted by Gasteiger charge is -2.43. The van der Waals surface area contributed by atoms with E-state index in [2.05, 4.69) is 46.0 Å². The van der Waals surface area contributed by atoms with Crippen LogP contribution < -0.4 is 15.8 Å². The van der Waals surface area contributed by atoms with Gasteiger partial charge in [0, 0.05) is 61.1 Å². The fourth-order valence-corrected chi connectivity index (χ4v) is 4.56. The molecule has 2 atom stereocenters. The molecule has 33 heavy (non-hydrogen) atoms. The quantitative estimate of drug-likeness (QED) is 0.494. The molecule has 1 aliphatic rings. The van der Waals surface area contributed by atoms with Gasteiger partial charge in [-0.25, -0.2) is 9.37 Å². The van der Waals surface area contributed by atoms with Crippen molar-refractivity contribution in [3.8, 4) is 11.3 Å². The molecule has 0 aliphatic carbocycles. The summed E-state index contributed by atoms with van der Waals surface area (Å²) in [6.07, 6.45) is 5.17. The largest absolute Gasteiger partial charge is 0.364 e. The number of nitrogens with one attached hydrogen (secondary N) is 2. The molecule has 2 N–H and O–H groups in total. The first-order chi connectivity index (χ1) is 15.9. The average Bonchev–Trinajstić information content (AvgIpc) is 3.27. The van der Waals surface area contributed by atoms with Crippen molar-refractivity contribution in [2.24, 2.45) is 0 Å². The summed E-state index contributed by atoms with van der Waals surface area (Å²) in [6.45, 7) is 5.99. The minimum absolute atomic E-state index is 0.164. The number of hydrogen-bond acceptors (Lipinski definition) is 5. The molecular formula is C25H27FN6O. The molecule has 4 aromatic rings. The number of nitrogens with zero attached hydrogens (tertiary/aromatic N) is 4. The zero-order chi connectivity index (χ0) is 23.1. The average molecular weight is 447 g/mol. The van der Waals surface area contributed by atoms with E-state index >= 15 is 4.39 Å². The van der Waals surface area contributed by atoms with Crippen LogP contribution in [-0.4, -0.2) is 51.5 Å². The number of hydrogen-bond donors (Lipinski definition) is 2. The number of rotatable bonds is 4. The number of aromatic nitrogens is 3. The van der Waals surface area contributed by atoms with Crippen LogP contribution in [0.1, 0.15) is 13.8 Å². The van der Waals surface area contributed by atoms with Gasteiger partial charge in [-0.15, -0.1) is 0 Å². The second-order valence-corrected chi connectivity index (χ2v) is 8.78. The number of pyridine rings is 2. The van der Waals surface area contributed by atoms with Crippen LogP contribution in [0.2, 0.25) is 0 Å². The van der Waals surface area contributed by atoms with Gasteiger partial charge in [-0.3, -0.25) is 14.1 Å². The normalized spacial score (nSPS) is 19.2. The van der Waals surface area contributed by atoms with E-state index in [1.807, 2.05) is 40.9 Å². The SMILES string of the molecule is C[C@@H]1CN(C)[C@@H](C)CN1c1ccc(Nc2ccc(-c3cc[nH]c(=O)c3)n3ccnc23)cc1F. The highest BCUT2D eigenvalue weighted by Crippen LogP contribution is 2.31. The standard InChI is InChI=1S/C25H27FN6O/c1-16-15-32(17(2)14-30(16)3)23-6-4-19(13-20(23)26)29-21-5-7-22(31-11-10-28-25(21)31)18-8-9-27-24(33)12-18/h4-13,16-17,29H,14-15H2,1-3H3,(H,27,33)/t16-,17+/m0/s1. The predicted molar refractivity (Wildman–Crippen MR) is 130 cm³/mol. The van der Waals surface area contributed by atoms with Gasteiger partial charge < -0.3 is 15.2 Å². The third kappa shape index (κ3) is 3.98. The van der Waals surface area contributed by atoms with Crippen molar-refractivity contribution in [3.63, 3.8) is 0 Å². The Morgan fingerprint density at radius 3 is 2.73 bits per heavy atom. The molecule has 1 fully saturated rings. The topological polar surface area (TPSA) is 68.7 Å². The van der Waals surface area contributed by atoms with Crippen LogP contribution in [0.25, 0.3) is 16.9 Å². The summed E-state index contributed by atoms with van der Waals surface area (Å²) in [6, 6.07) is 13.1. The lowest BCUT2D eigenvalue weighted by atomic mass is 10.1. The molecule has 0 bridgehead atoms. The zero-order valence-electron chi connectivity index (χ0n) is 18.9. The minimum Gasteiger partial charge on any atom is -0.364 e. The number of benzene rings is 1. The Labute approximate surface area is 191 Å². The van der Waals surface area contributed by atoms with Crippen LogP contribution >= 0.6 is 0 Å². The van der Waals surface area contributed by atoms with E-state index in [4.69, 9.17) is 0 Å². The van der Waals surface area contributed by atoms with Crippen LogP contribution in [0, 0.1) is 5.82 Å². The van der Waals surface area contributed by atoms with Gasteiger partial charge in [0.05, 0.1) is 17.1 Å². The number of aromatic amines is 1. The lowest BCUT2D eigenvalue weighted by molar-refractivity contribution is 0.205. The molecule has 4 heterocycles. The molecule has 0 amide bonds. The van der Waals surface area contributed by atoms with Crippen LogP contribution in [0.15, 0.2) is 65.8 Å². The first-order valence-electron chi connectivity index (χ1n) is 11.1. The lowest BCUT2D eigenvalue weighted by Crippen LogP contribution is -2.55. The molecule has 0 saturated carbocycles. The smallest absolute Gasteiger partial charge is 0.248 e. The van der Waals surface area contributed by atoms with E-state index < -0.39 is 0 Å². The van der Waals surface area contributed by atoms with E-state index in [1.165, 1.54) is 6.07 Å². The Kier molecular flexibility index (Phi) is 5.38. The van der Waals surface area contributed by atoms with Crippen LogP contribution in [-0.2, 0) is 0 Å². The van der Waals surface area contributed by atoms with Crippen molar-refractivity contribution in [2.75, 3.05) is 30.4 Å². The van der Waals surface area contributed by atoms with Gasteiger partial charge in [-0.05, 0) is 57.3 Å². The third-order valence-corrected chi connectivity index (χ3v) is 6.45. The number of fused-ring (bicyclic) bond motifs is 1. The summed E-state index contributed by atoms with van der Waals surface area (Å²) in [5.74, 6) is -0.247. The summed E-state index contributed by atoms with van der Waals surface area (Å²) in [4.78, 5) is 23.3. The van der Waals surface area contributed by atoms with E-state index in [9.17, 15) is 4.79 Å². The van der Waals surface area contributed by atoms with Gasteiger partial charge in [0.2, 0.25) is 5.56 Å². The summed E-state index contributed by atoms with van der Waals surface area (Å²) in [5, 5.41) is 3.30. The Bertz CT molecular complexity index is 1360. The monoisotopic (exact) mass is 446 g/mol. The highest BCUT2D eigenvalue weighted by atomic mass is 19.1. The highest BCUT2D eigenvalue weighted by molar-refractivity contribution is 5.78. The van der Waals surface area contributed by atoms with Gasteiger partial charge in [0.15, 0.2) is 5.65 Å². The molecule has 7 nitrogen and oxygen atoms in total. The molecular weight excluding hydrogens is 419 g/mol. The van der Waals surface area contributed by atoms with Gasteiger partial charge >= 0.3 is 0 Å². The van der Waals surface area contributed by atoms with E-state index in [0.717, 1.165) is 30.0 Å². The molecule has 0 spiro atoms. The van der Waals surface area contributed by atoms with Crippen molar-refractivity contribution >= 4 is 22.7 Å².